The van der Waals surface area contributed by atoms with Crippen LogP contribution in [0.2, 0.25) is 0 Å². The molecular formula is C42H43AuN4-. The van der Waals surface area contributed by atoms with Gasteiger partial charge in [0, 0.05) is 55.6 Å². The largest absolute Gasteiger partial charge is 0.366 e. The molecule has 4 aliphatic carbocycles. The number of hydrogen-bond donors (Lipinski definition) is 0. The van der Waals surface area contributed by atoms with Crippen molar-refractivity contribution in [2.24, 2.45) is 23.7 Å². The fourth-order valence-electron chi connectivity index (χ4n) is 10.0. The Kier molecular flexibility index (Phi) is 7.63. The zero-order valence-electron chi connectivity index (χ0n) is 27.8. The summed E-state index contributed by atoms with van der Waals surface area (Å²) >= 11 is 0. The number of fused-ring (bicyclic) bond motifs is 6. The van der Waals surface area contributed by atoms with Crippen LogP contribution in [0.1, 0.15) is 88.3 Å². The normalized spacial score (nSPS) is 25.4. The predicted octanol–water partition coefficient (Wildman–Crippen LogP) is 10.0. The van der Waals surface area contributed by atoms with Gasteiger partial charge in [0.15, 0.2) is 0 Å². The average Bonchev–Trinajstić information content (AvgIpc) is 3.72. The van der Waals surface area contributed by atoms with Crippen LogP contribution in [0.5, 0.6) is 0 Å². The zero-order valence-corrected chi connectivity index (χ0v) is 29.9. The molecule has 0 N–H and O–H groups in total. The van der Waals surface area contributed by atoms with Crippen molar-refractivity contribution >= 4 is 45.4 Å². The van der Waals surface area contributed by atoms with Gasteiger partial charge in [0.05, 0.1) is 0 Å². The molecular weight excluding hydrogens is 757 g/mol. The molecule has 1 radical (unpaired) electrons. The first-order valence-corrected chi connectivity index (χ1v) is 17.5. The van der Waals surface area contributed by atoms with Gasteiger partial charge < -0.3 is 18.9 Å². The van der Waals surface area contributed by atoms with Crippen LogP contribution < -0.4 is 9.56 Å². The molecule has 4 fully saturated rings. The molecule has 0 saturated heterocycles. The maximum atomic E-state index is 4.50. The van der Waals surface area contributed by atoms with Crippen molar-refractivity contribution in [1.29, 1.82) is 0 Å². The smallest absolute Gasteiger partial charge is 0.112 e. The van der Waals surface area contributed by atoms with Gasteiger partial charge in [0.1, 0.15) is 17.6 Å². The fourth-order valence-corrected chi connectivity index (χ4v) is 10.0. The van der Waals surface area contributed by atoms with Crippen molar-refractivity contribution in [2.45, 2.75) is 77.0 Å². The summed E-state index contributed by atoms with van der Waals surface area (Å²) in [5.74, 6) is 5.32. The third kappa shape index (κ3) is 4.66. The second-order valence-electron chi connectivity index (χ2n) is 15.1. The second kappa shape index (κ2) is 11.6. The molecule has 6 aromatic rings. The van der Waals surface area contributed by atoms with Crippen molar-refractivity contribution in [3.8, 4) is 0 Å². The molecule has 4 saturated carbocycles. The Morgan fingerprint density at radius 1 is 0.723 bits per heavy atom. The van der Waals surface area contributed by atoms with E-state index in [9.17, 15) is 0 Å². The standard InChI is InChI=1S/C29H35N.C13H8N3.Au/c1-18(2)24-8-7-9-25(19(3)4)28(24)30-17-29(26-10-5-6-11-27(26)30)22-13-20-12-21(15-22)16-23(29)14-20;1-3-7-11-9(5-1)14-13-15-10-6-2-4-8-12(10)16(11)13;/h5-11,18-23H,12-16H2,1-4H3;1-8H;/q;-1;. The van der Waals surface area contributed by atoms with Crippen molar-refractivity contribution in [3.63, 3.8) is 0 Å². The van der Waals surface area contributed by atoms with Gasteiger partial charge in [-0.2, -0.15) is 0 Å². The first-order chi connectivity index (χ1) is 22.4. The molecule has 4 aromatic carbocycles. The Balaban J connectivity index is 0.000000160. The summed E-state index contributed by atoms with van der Waals surface area (Å²) in [6.07, 6.45) is 11.4. The quantitative estimate of drug-likeness (QED) is 0.102. The van der Waals surface area contributed by atoms with Crippen LogP contribution in [0.3, 0.4) is 0 Å². The molecule has 4 nitrogen and oxygen atoms in total. The van der Waals surface area contributed by atoms with Crippen LogP contribution in [0.15, 0.2) is 91.0 Å². The average molecular weight is 801 g/mol. The van der Waals surface area contributed by atoms with E-state index in [2.05, 4.69) is 107 Å². The van der Waals surface area contributed by atoms with Gasteiger partial charge in [-0.3, -0.25) is 0 Å². The number of aromatic nitrogens is 3. The minimum absolute atomic E-state index is 0. The van der Waals surface area contributed by atoms with Gasteiger partial charge >= 0.3 is 0 Å². The Morgan fingerprint density at radius 2 is 1.32 bits per heavy atom. The van der Waals surface area contributed by atoms with E-state index in [1.54, 1.807) is 5.56 Å². The molecule has 0 atom stereocenters. The van der Waals surface area contributed by atoms with E-state index in [1.807, 2.05) is 36.4 Å². The minimum Gasteiger partial charge on any atom is -0.366 e. The SMILES string of the molecule is CC(C)c1cccc(C(C)C)c1[N+]1=[C-]C2(c3ccccc31)C1CC3CC(C1)CC2C3.[Au].c1ccc2c(c1)nc1[n-]c3ccccc3n12. The molecule has 2 aromatic heterocycles. The molecule has 4 bridgehead atoms. The number of rotatable bonds is 3. The van der Waals surface area contributed by atoms with Crippen LogP contribution in [0.25, 0.3) is 27.8 Å². The number of benzene rings is 4. The molecule has 47 heavy (non-hydrogen) atoms. The first-order valence-electron chi connectivity index (χ1n) is 17.5. The van der Waals surface area contributed by atoms with Gasteiger partial charge in [0.25, 0.3) is 0 Å². The summed E-state index contributed by atoms with van der Waals surface area (Å²) < 4.78 is 4.63. The molecule has 1 spiro atoms. The molecule has 1 aliphatic heterocycles. The third-order valence-corrected chi connectivity index (χ3v) is 11.8. The van der Waals surface area contributed by atoms with Crippen LogP contribution in [-0.2, 0) is 27.8 Å². The second-order valence-corrected chi connectivity index (χ2v) is 15.1. The van der Waals surface area contributed by atoms with E-state index >= 15 is 0 Å². The van der Waals surface area contributed by atoms with Gasteiger partial charge in [-0.05, 0) is 90.4 Å². The van der Waals surface area contributed by atoms with Crippen LogP contribution in [0.4, 0.5) is 11.4 Å². The topological polar surface area (TPSA) is 34.4 Å². The third-order valence-electron chi connectivity index (χ3n) is 11.8. The number of para-hydroxylation sites is 6. The zero-order chi connectivity index (χ0) is 31.2. The summed E-state index contributed by atoms with van der Waals surface area (Å²) in [5.41, 5.74) is 11.7. The Bertz CT molecular complexity index is 2030. The molecule has 0 unspecified atom stereocenters. The molecule has 3 heterocycles. The van der Waals surface area contributed by atoms with Gasteiger partial charge in [-0.15, -0.1) is 0 Å². The molecule has 5 heteroatoms. The molecule has 0 amide bonds. The predicted molar refractivity (Wildman–Crippen MR) is 190 cm³/mol. The van der Waals surface area contributed by atoms with E-state index in [0.29, 0.717) is 11.8 Å². The van der Waals surface area contributed by atoms with Gasteiger partial charge in [-0.1, -0.05) is 113 Å². The van der Waals surface area contributed by atoms with Crippen molar-refractivity contribution < 1.29 is 22.4 Å². The van der Waals surface area contributed by atoms with Gasteiger partial charge in [-0.25, -0.2) is 0 Å². The monoisotopic (exact) mass is 800 g/mol. The first kappa shape index (κ1) is 30.9. The maximum Gasteiger partial charge on any atom is 0.112 e. The van der Waals surface area contributed by atoms with E-state index in [0.717, 1.165) is 51.5 Å². The number of nitrogens with zero attached hydrogens (tertiary/aromatic N) is 4. The van der Waals surface area contributed by atoms with Crippen LogP contribution in [-0.4, -0.2) is 15.6 Å². The Hall–Kier alpha value is -3.44. The van der Waals surface area contributed by atoms with E-state index in [1.165, 1.54) is 54.6 Å². The summed E-state index contributed by atoms with van der Waals surface area (Å²) in [5, 5.41) is 0. The number of hydrogen-bond acceptors (Lipinski definition) is 1. The summed E-state index contributed by atoms with van der Waals surface area (Å²) in [6, 6.07) is 32.5. The molecule has 11 rings (SSSR count). The van der Waals surface area contributed by atoms with Crippen LogP contribution >= 0.6 is 0 Å². The van der Waals surface area contributed by atoms with Crippen molar-refractivity contribution in [2.75, 3.05) is 0 Å². The molecule has 243 valence electrons. The van der Waals surface area contributed by atoms with Crippen molar-refractivity contribution in [1.82, 2.24) is 18.9 Å². The summed E-state index contributed by atoms with van der Waals surface area (Å²) in [4.78, 5) is 9.01. The van der Waals surface area contributed by atoms with E-state index < -0.39 is 0 Å². The summed E-state index contributed by atoms with van der Waals surface area (Å²) in [6.45, 7) is 9.35. The van der Waals surface area contributed by atoms with Crippen molar-refractivity contribution in [3.05, 3.63) is 108 Å². The fraction of sp³-hybridized carbons (Fsp3) is 0.381. The van der Waals surface area contributed by atoms with Gasteiger partial charge in [0.2, 0.25) is 0 Å². The Labute approximate surface area is 293 Å². The maximum absolute atomic E-state index is 4.50. The number of imidazole rings is 2. The van der Waals surface area contributed by atoms with E-state index in [-0.39, 0.29) is 27.8 Å². The Morgan fingerprint density at radius 3 is 2.00 bits per heavy atom. The van der Waals surface area contributed by atoms with Crippen LogP contribution in [0, 0.1) is 23.7 Å². The van der Waals surface area contributed by atoms with E-state index in [4.69, 9.17) is 0 Å². The minimum atomic E-state index is 0. The molecule has 5 aliphatic rings. The summed E-state index contributed by atoms with van der Waals surface area (Å²) in [7, 11) is 0.